The maximum absolute atomic E-state index is 13.5. The summed E-state index contributed by atoms with van der Waals surface area (Å²) in [5.74, 6) is -1.18. The van der Waals surface area contributed by atoms with E-state index in [1.807, 2.05) is 60.7 Å². The summed E-state index contributed by atoms with van der Waals surface area (Å²) >= 11 is 0. The fraction of sp³-hybridized carbons (Fsp3) is 0.370. The summed E-state index contributed by atoms with van der Waals surface area (Å²) < 4.78 is 41.8. The summed E-state index contributed by atoms with van der Waals surface area (Å²) in [5.41, 5.74) is 1.43. The fourth-order valence-electron chi connectivity index (χ4n) is 4.73. The number of para-hydroxylation sites is 1. The topological polar surface area (TPSA) is 55.2 Å². The van der Waals surface area contributed by atoms with E-state index < -0.39 is 17.8 Å². The van der Waals surface area contributed by atoms with E-state index in [2.05, 4.69) is 5.10 Å². The minimum absolute atomic E-state index is 0.0825. The quantitative estimate of drug-likeness (QED) is 0.439. The van der Waals surface area contributed by atoms with Crippen LogP contribution in [0.1, 0.15) is 41.8 Å². The van der Waals surface area contributed by atoms with E-state index in [1.165, 1.54) is 9.58 Å². The Labute approximate surface area is 202 Å². The molecule has 0 bridgehead atoms. The Balaban J connectivity index is 1.56. The van der Waals surface area contributed by atoms with Crippen LogP contribution in [0.4, 0.5) is 18.9 Å². The normalized spacial score (nSPS) is 14.3. The number of benzene rings is 2. The van der Waals surface area contributed by atoms with Crippen molar-refractivity contribution in [3.63, 3.8) is 0 Å². The van der Waals surface area contributed by atoms with Gasteiger partial charge in [-0.3, -0.25) is 14.3 Å². The van der Waals surface area contributed by atoms with Crippen molar-refractivity contribution in [3.8, 4) is 0 Å². The Kier molecular flexibility index (Phi) is 7.38. The summed E-state index contributed by atoms with van der Waals surface area (Å²) in [6, 6.07) is 18.5. The van der Waals surface area contributed by atoms with Crippen LogP contribution in [0.15, 0.2) is 60.7 Å². The summed E-state index contributed by atoms with van der Waals surface area (Å²) in [6.07, 6.45) is -2.06. The first-order valence-corrected chi connectivity index (χ1v) is 11.8. The lowest BCUT2D eigenvalue weighted by Crippen LogP contribution is -2.35. The third kappa shape index (κ3) is 5.81. The predicted octanol–water partition coefficient (Wildman–Crippen LogP) is 5.26. The zero-order chi connectivity index (χ0) is 25.0. The minimum atomic E-state index is -4.56. The zero-order valence-corrected chi connectivity index (χ0v) is 19.6. The van der Waals surface area contributed by atoms with Crippen LogP contribution in [0.25, 0.3) is 0 Å². The Morgan fingerprint density at radius 1 is 1.00 bits per heavy atom. The first kappa shape index (κ1) is 24.7. The molecule has 0 fully saturated rings. The van der Waals surface area contributed by atoms with Crippen LogP contribution in [-0.4, -0.2) is 28.5 Å². The summed E-state index contributed by atoms with van der Waals surface area (Å²) in [4.78, 5) is 28.0. The molecule has 1 aliphatic carbocycles. The van der Waals surface area contributed by atoms with Gasteiger partial charge in [-0.15, -0.1) is 0 Å². The molecular formula is C27H28F3N3O2. The van der Waals surface area contributed by atoms with Crippen molar-refractivity contribution >= 4 is 17.4 Å². The molecule has 1 amide bonds. The van der Waals surface area contributed by atoms with Crippen LogP contribution in [0.3, 0.4) is 0 Å². The second-order valence-corrected chi connectivity index (χ2v) is 9.00. The lowest BCUT2D eigenvalue weighted by Gasteiger charge is -2.24. The number of carbonyl (C=O) groups is 2. The highest BCUT2D eigenvalue weighted by Gasteiger charge is 2.39. The standard InChI is InChI=1S/C27H28F3N3O2/c1-32(21-12-6-3-7-13-21)26(35)20(16-19-10-4-2-5-11-19)17-22(34)18-33-24-15-9-8-14-23(24)25(31-33)27(28,29)30/h2-7,10-13,20H,8-9,14-18H2,1H3/t20-/m1/s1. The Bertz CT molecular complexity index is 1170. The number of hydrogen-bond acceptors (Lipinski definition) is 3. The van der Waals surface area contributed by atoms with E-state index in [0.29, 0.717) is 37.1 Å². The van der Waals surface area contributed by atoms with E-state index >= 15 is 0 Å². The number of amides is 1. The van der Waals surface area contributed by atoms with Gasteiger partial charge in [0.1, 0.15) is 0 Å². The molecule has 1 atom stereocenters. The molecule has 184 valence electrons. The van der Waals surface area contributed by atoms with E-state index in [-0.39, 0.29) is 30.2 Å². The largest absolute Gasteiger partial charge is 0.435 e. The molecule has 0 aliphatic heterocycles. The van der Waals surface area contributed by atoms with Crippen LogP contribution in [0.5, 0.6) is 0 Å². The first-order valence-electron chi connectivity index (χ1n) is 11.8. The molecule has 4 rings (SSSR count). The number of aromatic nitrogens is 2. The number of halogens is 3. The second-order valence-electron chi connectivity index (χ2n) is 9.00. The van der Waals surface area contributed by atoms with Gasteiger partial charge in [-0.25, -0.2) is 0 Å². The number of ketones is 1. The molecule has 1 aromatic heterocycles. The van der Waals surface area contributed by atoms with Gasteiger partial charge in [-0.2, -0.15) is 18.3 Å². The second kappa shape index (κ2) is 10.5. The molecule has 35 heavy (non-hydrogen) atoms. The average Bonchev–Trinajstić information content (AvgIpc) is 3.23. The van der Waals surface area contributed by atoms with Gasteiger partial charge in [0.15, 0.2) is 11.5 Å². The van der Waals surface area contributed by atoms with Crippen LogP contribution in [0, 0.1) is 5.92 Å². The molecule has 8 heteroatoms. The van der Waals surface area contributed by atoms with Gasteiger partial charge in [0.2, 0.25) is 5.91 Å². The summed E-state index contributed by atoms with van der Waals surface area (Å²) in [6.45, 7) is -0.272. The smallest absolute Gasteiger partial charge is 0.315 e. The number of carbonyl (C=O) groups excluding carboxylic acids is 2. The number of alkyl halides is 3. The molecule has 0 spiro atoms. The third-order valence-corrected chi connectivity index (χ3v) is 6.47. The van der Waals surface area contributed by atoms with Gasteiger partial charge in [0.05, 0.1) is 6.54 Å². The van der Waals surface area contributed by atoms with Crippen LogP contribution < -0.4 is 4.90 Å². The van der Waals surface area contributed by atoms with Crippen molar-refractivity contribution in [2.45, 2.75) is 51.2 Å². The van der Waals surface area contributed by atoms with Gasteiger partial charge in [-0.05, 0) is 49.8 Å². The predicted molar refractivity (Wildman–Crippen MR) is 127 cm³/mol. The minimum Gasteiger partial charge on any atom is -0.315 e. The van der Waals surface area contributed by atoms with Crippen LogP contribution in [-0.2, 0) is 41.6 Å². The zero-order valence-electron chi connectivity index (χ0n) is 19.6. The molecule has 0 unspecified atom stereocenters. The van der Waals surface area contributed by atoms with Crippen molar-refractivity contribution in [2.24, 2.45) is 5.92 Å². The number of rotatable bonds is 8. The number of hydrogen-bond donors (Lipinski definition) is 0. The molecule has 1 aliphatic rings. The van der Waals surface area contributed by atoms with Gasteiger partial charge in [-0.1, -0.05) is 48.5 Å². The molecule has 0 radical (unpaired) electrons. The fourth-order valence-corrected chi connectivity index (χ4v) is 4.73. The Hall–Kier alpha value is -3.42. The highest BCUT2D eigenvalue weighted by Crippen LogP contribution is 2.36. The third-order valence-electron chi connectivity index (χ3n) is 6.47. The first-order chi connectivity index (χ1) is 16.7. The maximum Gasteiger partial charge on any atom is 0.435 e. The average molecular weight is 484 g/mol. The van der Waals surface area contributed by atoms with Gasteiger partial charge in [0.25, 0.3) is 0 Å². The molecule has 0 saturated carbocycles. The molecule has 1 heterocycles. The van der Waals surface area contributed by atoms with Gasteiger partial charge < -0.3 is 4.90 Å². The van der Waals surface area contributed by atoms with Crippen molar-refractivity contribution in [3.05, 3.63) is 83.2 Å². The van der Waals surface area contributed by atoms with Crippen LogP contribution in [0.2, 0.25) is 0 Å². The number of anilines is 1. The molecular weight excluding hydrogens is 455 g/mol. The molecule has 0 saturated heterocycles. The van der Waals surface area contributed by atoms with E-state index in [1.54, 1.807) is 7.05 Å². The monoisotopic (exact) mass is 483 g/mol. The van der Waals surface area contributed by atoms with E-state index in [9.17, 15) is 22.8 Å². The van der Waals surface area contributed by atoms with Crippen molar-refractivity contribution in [1.29, 1.82) is 0 Å². The lowest BCUT2D eigenvalue weighted by atomic mass is 9.92. The molecule has 3 aromatic rings. The number of nitrogens with zero attached hydrogens (tertiary/aromatic N) is 3. The van der Waals surface area contributed by atoms with E-state index in [4.69, 9.17) is 0 Å². The van der Waals surface area contributed by atoms with Crippen molar-refractivity contribution < 1.29 is 22.8 Å². The van der Waals surface area contributed by atoms with Crippen molar-refractivity contribution in [1.82, 2.24) is 9.78 Å². The molecule has 5 nitrogen and oxygen atoms in total. The van der Waals surface area contributed by atoms with Crippen LogP contribution >= 0.6 is 0 Å². The Morgan fingerprint density at radius 2 is 1.63 bits per heavy atom. The highest BCUT2D eigenvalue weighted by molar-refractivity contribution is 5.97. The number of Topliss-reactive ketones (excluding diaryl/α,β-unsaturated/α-hetero) is 1. The van der Waals surface area contributed by atoms with Gasteiger partial charge in [0, 0.05) is 36.3 Å². The highest BCUT2D eigenvalue weighted by atomic mass is 19.4. The van der Waals surface area contributed by atoms with Gasteiger partial charge >= 0.3 is 6.18 Å². The van der Waals surface area contributed by atoms with E-state index in [0.717, 1.165) is 12.0 Å². The lowest BCUT2D eigenvalue weighted by molar-refractivity contribution is -0.142. The van der Waals surface area contributed by atoms with Crippen molar-refractivity contribution in [2.75, 3.05) is 11.9 Å². The summed E-state index contributed by atoms with van der Waals surface area (Å²) in [5, 5.41) is 3.80. The number of fused-ring (bicyclic) bond motifs is 1. The molecule has 2 aromatic carbocycles. The summed E-state index contributed by atoms with van der Waals surface area (Å²) in [7, 11) is 1.67. The SMILES string of the molecule is CN(C(=O)[C@@H](CC(=O)Cn1nc(C(F)(F)F)c2c1CCCC2)Cc1ccccc1)c1ccccc1. The Morgan fingerprint density at radius 3 is 2.29 bits per heavy atom. The maximum atomic E-state index is 13.5. The molecule has 0 N–H and O–H groups in total.